The first-order valence-electron chi connectivity index (χ1n) is 10.9. The molecule has 0 saturated carbocycles. The predicted molar refractivity (Wildman–Crippen MR) is 137 cm³/mol. The average Bonchev–Trinajstić information content (AvgIpc) is 2.85. The first kappa shape index (κ1) is 24.1. The van der Waals surface area contributed by atoms with Gasteiger partial charge in [-0.3, -0.25) is 0 Å². The summed E-state index contributed by atoms with van der Waals surface area (Å²) in [4.78, 5) is 2.10. The van der Waals surface area contributed by atoms with Crippen LogP contribution in [-0.4, -0.2) is 37.4 Å². The zero-order chi connectivity index (χ0) is 24.2. The highest BCUT2D eigenvalue weighted by Crippen LogP contribution is 2.39. The van der Waals surface area contributed by atoms with E-state index in [4.69, 9.17) is 38.0 Å². The van der Waals surface area contributed by atoms with Crippen molar-refractivity contribution in [2.45, 2.75) is 19.4 Å². The van der Waals surface area contributed by atoms with E-state index in [0.717, 1.165) is 28.8 Å². The lowest BCUT2D eigenvalue weighted by Gasteiger charge is -2.39. The summed E-state index contributed by atoms with van der Waals surface area (Å²) in [5, 5.41) is 4.59. The number of fused-ring (bicyclic) bond motifs is 1. The van der Waals surface area contributed by atoms with Gasteiger partial charge in [0, 0.05) is 17.3 Å². The Balaban J connectivity index is 1.66. The van der Waals surface area contributed by atoms with Crippen LogP contribution in [0.2, 0.25) is 5.02 Å². The second kappa shape index (κ2) is 10.5. The van der Waals surface area contributed by atoms with E-state index >= 15 is 0 Å². The van der Waals surface area contributed by atoms with E-state index in [1.165, 1.54) is 12.1 Å². The van der Waals surface area contributed by atoms with Gasteiger partial charge >= 0.3 is 0 Å². The summed E-state index contributed by atoms with van der Waals surface area (Å²) < 4.78 is 30.5. The molecule has 5 nitrogen and oxygen atoms in total. The molecule has 0 aromatic heterocycles. The van der Waals surface area contributed by atoms with Gasteiger partial charge in [0.25, 0.3) is 0 Å². The maximum atomic E-state index is 13.3. The molecule has 0 aliphatic carbocycles. The first-order valence-corrected chi connectivity index (χ1v) is 11.7. The predicted octanol–water partition coefficient (Wildman–Crippen LogP) is 6.18. The number of hydrogen-bond acceptors (Lipinski definition) is 4. The number of thiocarbonyl (C=S) groups is 1. The lowest BCUT2D eigenvalue weighted by Crippen LogP contribution is -2.44. The monoisotopic (exact) mass is 500 g/mol. The van der Waals surface area contributed by atoms with E-state index < -0.39 is 0 Å². The summed E-state index contributed by atoms with van der Waals surface area (Å²) in [5.74, 6) is 1.59. The highest BCUT2D eigenvalue weighted by Gasteiger charge is 2.31. The van der Waals surface area contributed by atoms with Crippen molar-refractivity contribution in [3.05, 3.63) is 82.1 Å². The van der Waals surface area contributed by atoms with Crippen molar-refractivity contribution in [3.8, 4) is 17.2 Å². The highest BCUT2D eigenvalue weighted by atomic mass is 35.5. The number of nitrogens with zero attached hydrogens (tertiary/aromatic N) is 1. The lowest BCUT2D eigenvalue weighted by molar-refractivity contribution is 0.190. The Kier molecular flexibility index (Phi) is 7.44. The fourth-order valence-corrected chi connectivity index (χ4v) is 4.59. The molecular weight excluding hydrogens is 475 g/mol. The van der Waals surface area contributed by atoms with Crippen LogP contribution in [0.5, 0.6) is 17.2 Å². The molecule has 4 rings (SSSR count). The molecule has 3 aromatic rings. The first-order chi connectivity index (χ1) is 16.4. The van der Waals surface area contributed by atoms with Crippen molar-refractivity contribution in [2.24, 2.45) is 0 Å². The van der Waals surface area contributed by atoms with Crippen LogP contribution >= 0.6 is 23.8 Å². The molecule has 0 amide bonds. The maximum Gasteiger partial charge on any atom is 0.174 e. The number of hydrogen-bond donors (Lipinski definition) is 1. The molecule has 0 radical (unpaired) electrons. The Labute approximate surface area is 209 Å². The van der Waals surface area contributed by atoms with Crippen molar-refractivity contribution >= 4 is 34.6 Å². The Morgan fingerprint density at radius 2 is 1.82 bits per heavy atom. The molecule has 1 unspecified atom stereocenters. The van der Waals surface area contributed by atoms with Gasteiger partial charge < -0.3 is 24.4 Å². The fourth-order valence-electron chi connectivity index (χ4n) is 4.09. The second-order valence-corrected chi connectivity index (χ2v) is 8.77. The van der Waals surface area contributed by atoms with Crippen LogP contribution in [0.1, 0.15) is 22.7 Å². The maximum absolute atomic E-state index is 13.3. The van der Waals surface area contributed by atoms with Gasteiger partial charge in [0.15, 0.2) is 16.6 Å². The number of benzene rings is 3. The molecule has 1 aliphatic rings. The topological polar surface area (TPSA) is 43.0 Å². The molecule has 178 valence electrons. The molecule has 34 heavy (non-hydrogen) atoms. The molecule has 3 aromatic carbocycles. The second-order valence-electron chi connectivity index (χ2n) is 7.97. The number of halogens is 2. The third-order valence-corrected chi connectivity index (χ3v) is 6.74. The minimum atomic E-state index is -0.309. The van der Waals surface area contributed by atoms with E-state index in [1.54, 1.807) is 26.4 Å². The number of ether oxygens (including phenoxy) is 3. The normalized spacial score (nSPS) is 14.9. The Hall–Kier alpha value is -3.03. The van der Waals surface area contributed by atoms with E-state index in [9.17, 15) is 4.39 Å². The van der Waals surface area contributed by atoms with E-state index in [1.807, 2.05) is 37.3 Å². The van der Waals surface area contributed by atoms with Crippen LogP contribution in [0.25, 0.3) is 0 Å². The van der Waals surface area contributed by atoms with Gasteiger partial charge in [0.2, 0.25) is 0 Å². The Bertz CT molecular complexity index is 1190. The zero-order valence-electron chi connectivity index (χ0n) is 19.2. The van der Waals surface area contributed by atoms with Gasteiger partial charge in [-0.1, -0.05) is 17.7 Å². The van der Waals surface area contributed by atoms with Crippen LogP contribution < -0.4 is 19.5 Å². The molecule has 0 fully saturated rings. The highest BCUT2D eigenvalue weighted by molar-refractivity contribution is 7.80. The van der Waals surface area contributed by atoms with Crippen LogP contribution in [0.4, 0.5) is 10.1 Å². The zero-order valence-corrected chi connectivity index (χ0v) is 20.8. The van der Waals surface area contributed by atoms with Gasteiger partial charge in [-0.15, -0.1) is 0 Å². The standard InChI is InChI=1S/C26H26ClFN2O3S/c1-16-21(27)5-4-6-22(16)29-26(34)30-12-11-17-13-24(31-2)25(32-3)14-20(17)23(30)15-33-19-9-7-18(28)8-10-19/h4-10,13-14,23H,11-12,15H2,1-3H3,(H,29,34). The Morgan fingerprint density at radius 3 is 2.53 bits per heavy atom. The third kappa shape index (κ3) is 5.05. The minimum absolute atomic E-state index is 0.201. The summed E-state index contributed by atoms with van der Waals surface area (Å²) in [6.07, 6.45) is 0.777. The molecule has 0 saturated heterocycles. The summed E-state index contributed by atoms with van der Waals surface area (Å²) >= 11 is 12.1. The van der Waals surface area contributed by atoms with Gasteiger partial charge in [-0.2, -0.15) is 0 Å². The van der Waals surface area contributed by atoms with Gasteiger partial charge in [-0.25, -0.2) is 4.39 Å². The fraction of sp³-hybridized carbons (Fsp3) is 0.269. The van der Waals surface area contributed by atoms with Gasteiger partial charge in [0.05, 0.1) is 20.3 Å². The molecule has 1 atom stereocenters. The van der Waals surface area contributed by atoms with E-state index in [2.05, 4.69) is 10.2 Å². The van der Waals surface area contributed by atoms with Crippen LogP contribution in [0, 0.1) is 12.7 Å². The summed E-state index contributed by atoms with van der Waals surface area (Å²) in [5.41, 5.74) is 3.96. The van der Waals surface area contributed by atoms with E-state index in [0.29, 0.717) is 40.5 Å². The van der Waals surface area contributed by atoms with Crippen molar-refractivity contribution in [2.75, 3.05) is 32.7 Å². The third-order valence-electron chi connectivity index (χ3n) is 5.99. The molecule has 0 spiro atoms. The Morgan fingerprint density at radius 1 is 1.12 bits per heavy atom. The van der Waals surface area contributed by atoms with E-state index in [-0.39, 0.29) is 11.9 Å². The number of anilines is 1. The molecular formula is C26H26ClFN2O3S. The lowest BCUT2D eigenvalue weighted by atomic mass is 9.92. The van der Waals surface area contributed by atoms with Crippen molar-refractivity contribution < 1.29 is 18.6 Å². The van der Waals surface area contributed by atoms with Crippen molar-refractivity contribution in [1.29, 1.82) is 0 Å². The summed E-state index contributed by atoms with van der Waals surface area (Å²) in [6, 6.07) is 15.5. The van der Waals surface area contributed by atoms with Crippen LogP contribution in [0.15, 0.2) is 54.6 Å². The number of rotatable bonds is 6. The largest absolute Gasteiger partial charge is 0.493 e. The number of nitrogens with one attached hydrogen (secondary N) is 1. The smallest absolute Gasteiger partial charge is 0.174 e. The molecule has 1 aliphatic heterocycles. The van der Waals surface area contributed by atoms with Crippen LogP contribution in [-0.2, 0) is 6.42 Å². The minimum Gasteiger partial charge on any atom is -0.493 e. The average molecular weight is 501 g/mol. The molecule has 1 heterocycles. The van der Waals surface area contributed by atoms with Gasteiger partial charge in [0.1, 0.15) is 18.2 Å². The molecule has 8 heteroatoms. The molecule has 0 bridgehead atoms. The number of methoxy groups -OCH3 is 2. The molecule has 1 N–H and O–H groups in total. The SMILES string of the molecule is COc1cc2c(cc1OC)C(COc1ccc(F)cc1)N(C(=S)Nc1cccc(Cl)c1C)CC2. The van der Waals surface area contributed by atoms with Crippen molar-refractivity contribution in [3.63, 3.8) is 0 Å². The van der Waals surface area contributed by atoms with Crippen LogP contribution in [0.3, 0.4) is 0 Å². The summed E-state index contributed by atoms with van der Waals surface area (Å²) in [7, 11) is 3.24. The van der Waals surface area contributed by atoms with Gasteiger partial charge in [-0.05, 0) is 90.8 Å². The van der Waals surface area contributed by atoms with Crippen molar-refractivity contribution in [1.82, 2.24) is 4.90 Å². The quantitative estimate of drug-likeness (QED) is 0.408. The summed E-state index contributed by atoms with van der Waals surface area (Å²) in [6.45, 7) is 2.95.